The van der Waals surface area contributed by atoms with Gasteiger partial charge in [-0.15, -0.1) is 10.2 Å². The minimum atomic E-state index is -0.350. The quantitative estimate of drug-likeness (QED) is 0.711. The van der Waals surface area contributed by atoms with Crippen molar-refractivity contribution in [3.63, 3.8) is 0 Å². The molecular formula is C17H14FN3O2S. The monoisotopic (exact) mass is 343 g/mol. The Balaban J connectivity index is 1.57. The molecule has 0 bridgehead atoms. The molecule has 0 aliphatic carbocycles. The summed E-state index contributed by atoms with van der Waals surface area (Å²) in [5.41, 5.74) is 2.47. The predicted molar refractivity (Wildman–Crippen MR) is 90.2 cm³/mol. The van der Waals surface area contributed by atoms with Gasteiger partial charge in [0.2, 0.25) is 11.8 Å². The fourth-order valence-corrected chi connectivity index (χ4v) is 2.58. The van der Waals surface area contributed by atoms with Crippen LogP contribution >= 0.6 is 11.8 Å². The van der Waals surface area contributed by atoms with E-state index in [1.165, 1.54) is 24.3 Å². The van der Waals surface area contributed by atoms with Crippen LogP contribution in [-0.4, -0.2) is 21.9 Å². The maximum absolute atomic E-state index is 12.8. The first kappa shape index (κ1) is 16.2. The van der Waals surface area contributed by atoms with Gasteiger partial charge in [-0.2, -0.15) is 0 Å². The van der Waals surface area contributed by atoms with E-state index >= 15 is 0 Å². The molecule has 0 aliphatic rings. The molecule has 24 heavy (non-hydrogen) atoms. The molecular weight excluding hydrogens is 329 g/mol. The number of benzene rings is 2. The molecule has 0 spiro atoms. The SMILES string of the molecule is Cc1cccc(-c2nnc(SCC(=O)Nc3ccc(F)cc3)o2)c1. The molecule has 0 radical (unpaired) electrons. The Morgan fingerprint density at radius 2 is 2.00 bits per heavy atom. The topological polar surface area (TPSA) is 68.0 Å². The van der Waals surface area contributed by atoms with Gasteiger partial charge in [0.15, 0.2) is 0 Å². The molecule has 2 aromatic carbocycles. The summed E-state index contributed by atoms with van der Waals surface area (Å²) in [6.45, 7) is 1.98. The summed E-state index contributed by atoms with van der Waals surface area (Å²) in [5.74, 6) is -0.0497. The summed E-state index contributed by atoms with van der Waals surface area (Å²) in [5, 5.41) is 10.9. The number of hydrogen-bond donors (Lipinski definition) is 1. The van der Waals surface area contributed by atoms with Crippen LogP contribution < -0.4 is 5.32 Å². The van der Waals surface area contributed by atoms with Crippen LogP contribution in [0.4, 0.5) is 10.1 Å². The molecule has 1 N–H and O–H groups in total. The van der Waals surface area contributed by atoms with Crippen LogP contribution in [0.25, 0.3) is 11.5 Å². The average molecular weight is 343 g/mol. The molecule has 3 rings (SSSR count). The van der Waals surface area contributed by atoms with Gasteiger partial charge in [-0.1, -0.05) is 29.5 Å². The molecule has 0 atom stereocenters. The largest absolute Gasteiger partial charge is 0.411 e. The Bertz CT molecular complexity index is 849. The van der Waals surface area contributed by atoms with Gasteiger partial charge < -0.3 is 9.73 Å². The third-order valence-electron chi connectivity index (χ3n) is 3.13. The number of amides is 1. The van der Waals surface area contributed by atoms with E-state index in [-0.39, 0.29) is 17.5 Å². The third-order valence-corrected chi connectivity index (χ3v) is 3.94. The first-order valence-electron chi connectivity index (χ1n) is 7.19. The number of nitrogens with one attached hydrogen (secondary N) is 1. The lowest BCUT2D eigenvalue weighted by atomic mass is 10.1. The van der Waals surface area contributed by atoms with E-state index in [1.807, 2.05) is 31.2 Å². The van der Waals surface area contributed by atoms with E-state index in [1.54, 1.807) is 0 Å². The Morgan fingerprint density at radius 3 is 2.75 bits per heavy atom. The number of rotatable bonds is 5. The van der Waals surface area contributed by atoms with Crippen molar-refractivity contribution in [2.75, 3.05) is 11.1 Å². The van der Waals surface area contributed by atoms with Crippen molar-refractivity contribution in [2.24, 2.45) is 0 Å². The lowest BCUT2D eigenvalue weighted by molar-refractivity contribution is -0.113. The first-order chi connectivity index (χ1) is 11.6. The van der Waals surface area contributed by atoms with E-state index in [4.69, 9.17) is 4.42 Å². The average Bonchev–Trinajstić information content (AvgIpc) is 3.04. The van der Waals surface area contributed by atoms with Gasteiger partial charge in [-0.05, 0) is 43.3 Å². The molecule has 0 unspecified atom stereocenters. The van der Waals surface area contributed by atoms with E-state index in [2.05, 4.69) is 15.5 Å². The van der Waals surface area contributed by atoms with Gasteiger partial charge in [0.05, 0.1) is 5.75 Å². The standard InChI is InChI=1S/C17H14FN3O2S/c1-11-3-2-4-12(9-11)16-20-21-17(23-16)24-10-15(22)19-14-7-5-13(18)6-8-14/h2-9H,10H2,1H3,(H,19,22). The molecule has 0 fully saturated rings. The van der Waals surface area contributed by atoms with Gasteiger partial charge in [0.1, 0.15) is 5.82 Å². The number of hydrogen-bond acceptors (Lipinski definition) is 5. The molecule has 0 saturated heterocycles. The highest BCUT2D eigenvalue weighted by atomic mass is 32.2. The maximum Gasteiger partial charge on any atom is 0.277 e. The van der Waals surface area contributed by atoms with E-state index < -0.39 is 0 Å². The summed E-state index contributed by atoms with van der Waals surface area (Å²) in [7, 11) is 0. The molecule has 0 aliphatic heterocycles. The number of nitrogens with zero attached hydrogens (tertiary/aromatic N) is 2. The number of aryl methyl sites for hydroxylation is 1. The van der Waals surface area contributed by atoms with Crippen molar-refractivity contribution in [3.05, 3.63) is 59.9 Å². The Labute approximate surface area is 142 Å². The lowest BCUT2D eigenvalue weighted by Crippen LogP contribution is -2.13. The smallest absolute Gasteiger partial charge is 0.277 e. The summed E-state index contributed by atoms with van der Waals surface area (Å²) in [6.07, 6.45) is 0. The van der Waals surface area contributed by atoms with E-state index in [0.717, 1.165) is 22.9 Å². The van der Waals surface area contributed by atoms with E-state index in [0.29, 0.717) is 16.8 Å². The van der Waals surface area contributed by atoms with Gasteiger partial charge in [0, 0.05) is 11.3 Å². The summed E-state index contributed by atoms with van der Waals surface area (Å²) < 4.78 is 18.4. The minimum Gasteiger partial charge on any atom is -0.411 e. The molecule has 3 aromatic rings. The van der Waals surface area contributed by atoms with Crippen LogP contribution in [0.15, 0.2) is 58.2 Å². The molecule has 5 nitrogen and oxygen atoms in total. The third kappa shape index (κ3) is 4.20. The molecule has 1 amide bonds. The highest BCUT2D eigenvalue weighted by molar-refractivity contribution is 7.99. The first-order valence-corrected chi connectivity index (χ1v) is 8.17. The van der Waals surface area contributed by atoms with Crippen LogP contribution in [0.2, 0.25) is 0 Å². The highest BCUT2D eigenvalue weighted by Gasteiger charge is 2.11. The maximum atomic E-state index is 12.8. The van der Waals surface area contributed by atoms with Crippen LogP contribution in [0.5, 0.6) is 0 Å². The second-order valence-electron chi connectivity index (χ2n) is 5.09. The zero-order valence-electron chi connectivity index (χ0n) is 12.8. The van der Waals surface area contributed by atoms with Gasteiger partial charge in [-0.25, -0.2) is 4.39 Å². The van der Waals surface area contributed by atoms with Crippen LogP contribution in [-0.2, 0) is 4.79 Å². The van der Waals surface area contributed by atoms with Crippen molar-refractivity contribution in [2.45, 2.75) is 12.1 Å². The molecule has 1 aromatic heterocycles. The van der Waals surface area contributed by atoms with Crippen molar-refractivity contribution in [3.8, 4) is 11.5 Å². The zero-order valence-corrected chi connectivity index (χ0v) is 13.6. The predicted octanol–water partition coefficient (Wildman–Crippen LogP) is 3.91. The van der Waals surface area contributed by atoms with Crippen LogP contribution in [0, 0.1) is 12.7 Å². The van der Waals surface area contributed by atoms with E-state index in [9.17, 15) is 9.18 Å². The number of aromatic nitrogens is 2. The van der Waals surface area contributed by atoms with Crippen molar-refractivity contribution in [1.82, 2.24) is 10.2 Å². The fraction of sp³-hybridized carbons (Fsp3) is 0.118. The number of thioether (sulfide) groups is 1. The second kappa shape index (κ2) is 7.27. The van der Waals surface area contributed by atoms with Crippen LogP contribution in [0.3, 0.4) is 0 Å². The molecule has 122 valence electrons. The number of anilines is 1. The Morgan fingerprint density at radius 1 is 1.21 bits per heavy atom. The van der Waals surface area contributed by atoms with Gasteiger partial charge in [0.25, 0.3) is 5.22 Å². The molecule has 0 saturated carbocycles. The minimum absolute atomic E-state index is 0.118. The van der Waals surface area contributed by atoms with Crippen molar-refractivity contribution >= 4 is 23.4 Å². The fourth-order valence-electron chi connectivity index (χ4n) is 2.02. The molecule has 1 heterocycles. The second-order valence-corrected chi connectivity index (χ2v) is 6.01. The normalized spacial score (nSPS) is 10.6. The molecule has 7 heteroatoms. The Kier molecular flexibility index (Phi) is 4.90. The summed E-state index contributed by atoms with van der Waals surface area (Å²) >= 11 is 1.14. The number of carbonyl (C=O) groups is 1. The van der Waals surface area contributed by atoms with Crippen LogP contribution in [0.1, 0.15) is 5.56 Å². The highest BCUT2D eigenvalue weighted by Crippen LogP contribution is 2.23. The lowest BCUT2D eigenvalue weighted by Gasteiger charge is -2.03. The number of halogens is 1. The summed E-state index contributed by atoms with van der Waals surface area (Å²) in [4.78, 5) is 11.9. The number of carbonyl (C=O) groups excluding carboxylic acids is 1. The summed E-state index contributed by atoms with van der Waals surface area (Å²) in [6, 6.07) is 13.3. The zero-order chi connectivity index (χ0) is 16.9. The van der Waals surface area contributed by atoms with Gasteiger partial charge >= 0.3 is 0 Å². The van der Waals surface area contributed by atoms with Crippen molar-refractivity contribution < 1.29 is 13.6 Å². The van der Waals surface area contributed by atoms with Gasteiger partial charge in [-0.3, -0.25) is 4.79 Å². The van der Waals surface area contributed by atoms with Crippen molar-refractivity contribution in [1.29, 1.82) is 0 Å². The Hall–Kier alpha value is -2.67.